The molecule has 0 aliphatic carbocycles. The monoisotopic (exact) mass is 290 g/mol. The second-order valence-electron chi connectivity index (χ2n) is 4.31. The Morgan fingerprint density at radius 1 is 1.15 bits per heavy atom. The zero-order valence-electron chi connectivity index (χ0n) is 10.8. The van der Waals surface area contributed by atoms with E-state index < -0.39 is 0 Å². The van der Waals surface area contributed by atoms with Crippen LogP contribution in [-0.2, 0) is 6.42 Å². The van der Waals surface area contributed by atoms with Gasteiger partial charge in [0, 0.05) is 17.3 Å². The minimum atomic E-state index is -0.280. The Kier molecular flexibility index (Phi) is 4.85. The smallest absolute Gasteiger partial charge is 0.319 e. The predicted octanol–water partition coefficient (Wildman–Crippen LogP) is 3.41. The van der Waals surface area contributed by atoms with E-state index in [0.717, 1.165) is 5.56 Å². The van der Waals surface area contributed by atoms with Crippen LogP contribution in [-0.4, -0.2) is 17.7 Å². The van der Waals surface area contributed by atoms with E-state index in [2.05, 4.69) is 10.6 Å². The number of benzene rings is 2. The van der Waals surface area contributed by atoms with E-state index in [9.17, 15) is 4.79 Å². The Morgan fingerprint density at radius 2 is 1.90 bits per heavy atom. The highest BCUT2D eigenvalue weighted by atomic mass is 35.5. The van der Waals surface area contributed by atoms with Gasteiger partial charge in [-0.15, -0.1) is 0 Å². The third-order valence-corrected chi connectivity index (χ3v) is 2.95. The third kappa shape index (κ3) is 4.48. The van der Waals surface area contributed by atoms with Crippen molar-refractivity contribution < 1.29 is 9.90 Å². The molecule has 0 fully saturated rings. The molecule has 0 unspecified atom stereocenters. The number of hydrogen-bond donors (Lipinski definition) is 3. The lowest BCUT2D eigenvalue weighted by atomic mass is 10.1. The maximum atomic E-state index is 11.6. The molecule has 0 aliphatic heterocycles. The number of amides is 2. The Bertz CT molecular complexity index is 585. The molecule has 4 nitrogen and oxygen atoms in total. The van der Waals surface area contributed by atoms with E-state index in [1.807, 2.05) is 24.3 Å². The molecule has 0 bridgehead atoms. The van der Waals surface area contributed by atoms with Crippen molar-refractivity contribution >= 4 is 23.3 Å². The van der Waals surface area contributed by atoms with Gasteiger partial charge in [-0.25, -0.2) is 4.79 Å². The fourth-order valence-electron chi connectivity index (χ4n) is 1.73. The fraction of sp³-hybridized carbons (Fsp3) is 0.133. The first kappa shape index (κ1) is 14.2. The zero-order chi connectivity index (χ0) is 14.4. The summed E-state index contributed by atoms with van der Waals surface area (Å²) in [5, 5.41) is 15.3. The highest BCUT2D eigenvalue weighted by Crippen LogP contribution is 2.13. The summed E-state index contributed by atoms with van der Waals surface area (Å²) in [6, 6.07) is 13.6. The standard InChI is InChI=1S/C15H15ClN2O2/c16-12-3-1-2-11(10-12)8-9-17-15(20)18-13-4-6-14(19)7-5-13/h1-7,10,19H,8-9H2,(H2,17,18,20). The zero-order valence-corrected chi connectivity index (χ0v) is 11.5. The van der Waals surface area contributed by atoms with Gasteiger partial charge in [0.2, 0.25) is 0 Å². The quantitative estimate of drug-likeness (QED) is 0.756. The van der Waals surface area contributed by atoms with Crippen LogP contribution in [0.1, 0.15) is 5.56 Å². The van der Waals surface area contributed by atoms with Crippen molar-refractivity contribution in [1.29, 1.82) is 0 Å². The molecule has 0 atom stereocenters. The van der Waals surface area contributed by atoms with Crippen molar-refractivity contribution in [3.8, 4) is 5.75 Å². The first-order valence-corrected chi connectivity index (χ1v) is 6.59. The predicted molar refractivity (Wildman–Crippen MR) is 80.3 cm³/mol. The molecule has 0 heterocycles. The van der Waals surface area contributed by atoms with Crippen molar-refractivity contribution in [3.05, 3.63) is 59.1 Å². The number of carbonyl (C=O) groups excluding carboxylic acids is 1. The maximum Gasteiger partial charge on any atom is 0.319 e. The lowest BCUT2D eigenvalue weighted by Crippen LogP contribution is -2.30. The lowest BCUT2D eigenvalue weighted by Gasteiger charge is -2.08. The van der Waals surface area contributed by atoms with Crippen molar-refractivity contribution in [1.82, 2.24) is 5.32 Å². The second-order valence-corrected chi connectivity index (χ2v) is 4.74. The highest BCUT2D eigenvalue weighted by molar-refractivity contribution is 6.30. The van der Waals surface area contributed by atoms with Gasteiger partial charge in [0.25, 0.3) is 0 Å². The number of aromatic hydroxyl groups is 1. The van der Waals surface area contributed by atoms with E-state index in [1.54, 1.807) is 12.1 Å². The van der Waals surface area contributed by atoms with Crippen LogP contribution in [0.5, 0.6) is 5.75 Å². The summed E-state index contributed by atoms with van der Waals surface area (Å²) in [6.07, 6.45) is 0.712. The molecule has 0 aliphatic rings. The highest BCUT2D eigenvalue weighted by Gasteiger charge is 2.01. The van der Waals surface area contributed by atoms with Crippen LogP contribution in [0, 0.1) is 0 Å². The number of carbonyl (C=O) groups is 1. The minimum absolute atomic E-state index is 0.164. The molecular formula is C15H15ClN2O2. The van der Waals surface area contributed by atoms with E-state index in [4.69, 9.17) is 16.7 Å². The van der Waals surface area contributed by atoms with E-state index in [-0.39, 0.29) is 11.8 Å². The largest absolute Gasteiger partial charge is 0.508 e. The van der Waals surface area contributed by atoms with Gasteiger partial charge in [-0.2, -0.15) is 0 Å². The molecule has 0 saturated heterocycles. The molecule has 0 saturated carbocycles. The van der Waals surface area contributed by atoms with E-state index in [1.165, 1.54) is 12.1 Å². The summed E-state index contributed by atoms with van der Waals surface area (Å²) in [6.45, 7) is 0.518. The van der Waals surface area contributed by atoms with Gasteiger partial charge < -0.3 is 15.7 Å². The van der Waals surface area contributed by atoms with Crippen LogP contribution in [0.4, 0.5) is 10.5 Å². The third-order valence-electron chi connectivity index (χ3n) is 2.71. The summed E-state index contributed by atoms with van der Waals surface area (Å²) in [5.74, 6) is 0.164. The van der Waals surface area contributed by atoms with Crippen LogP contribution >= 0.6 is 11.6 Å². The van der Waals surface area contributed by atoms with Crippen LogP contribution in [0.15, 0.2) is 48.5 Å². The Hall–Kier alpha value is -2.20. The fourth-order valence-corrected chi connectivity index (χ4v) is 1.95. The molecular weight excluding hydrogens is 276 g/mol. The average molecular weight is 291 g/mol. The van der Waals surface area contributed by atoms with Gasteiger partial charge in [0.15, 0.2) is 0 Å². The van der Waals surface area contributed by atoms with Crippen molar-refractivity contribution in [2.24, 2.45) is 0 Å². The molecule has 3 N–H and O–H groups in total. The summed E-state index contributed by atoms with van der Waals surface area (Å²) in [7, 11) is 0. The Labute approximate surface area is 122 Å². The van der Waals surface area contributed by atoms with E-state index in [0.29, 0.717) is 23.7 Å². The lowest BCUT2D eigenvalue weighted by molar-refractivity contribution is 0.252. The molecule has 20 heavy (non-hydrogen) atoms. The Morgan fingerprint density at radius 3 is 2.60 bits per heavy atom. The number of phenols is 1. The van der Waals surface area contributed by atoms with Crippen molar-refractivity contribution in [2.75, 3.05) is 11.9 Å². The van der Waals surface area contributed by atoms with Gasteiger partial charge >= 0.3 is 6.03 Å². The molecule has 104 valence electrons. The van der Waals surface area contributed by atoms with Crippen LogP contribution < -0.4 is 10.6 Å². The molecule has 2 amide bonds. The second kappa shape index (κ2) is 6.82. The van der Waals surface area contributed by atoms with Gasteiger partial charge in [-0.3, -0.25) is 0 Å². The van der Waals surface area contributed by atoms with E-state index >= 15 is 0 Å². The van der Waals surface area contributed by atoms with Gasteiger partial charge in [-0.05, 0) is 48.4 Å². The van der Waals surface area contributed by atoms with Gasteiger partial charge in [0.1, 0.15) is 5.75 Å². The Balaban J connectivity index is 1.76. The molecule has 2 aromatic carbocycles. The molecule has 2 aromatic rings. The first-order valence-electron chi connectivity index (χ1n) is 6.22. The topological polar surface area (TPSA) is 61.4 Å². The SMILES string of the molecule is O=C(NCCc1cccc(Cl)c1)Nc1ccc(O)cc1. The molecule has 5 heteroatoms. The molecule has 2 rings (SSSR count). The van der Waals surface area contributed by atoms with Crippen molar-refractivity contribution in [2.45, 2.75) is 6.42 Å². The van der Waals surface area contributed by atoms with Crippen molar-refractivity contribution in [3.63, 3.8) is 0 Å². The number of phenolic OH excluding ortho intramolecular Hbond substituents is 1. The van der Waals surface area contributed by atoms with Crippen LogP contribution in [0.25, 0.3) is 0 Å². The number of nitrogens with one attached hydrogen (secondary N) is 2. The average Bonchev–Trinajstić information content (AvgIpc) is 2.41. The maximum absolute atomic E-state index is 11.6. The number of hydrogen-bond acceptors (Lipinski definition) is 2. The summed E-state index contributed by atoms with van der Waals surface area (Å²) >= 11 is 5.89. The molecule has 0 radical (unpaired) electrons. The minimum Gasteiger partial charge on any atom is -0.508 e. The molecule has 0 spiro atoms. The number of urea groups is 1. The molecule has 0 aromatic heterocycles. The number of halogens is 1. The van der Waals surface area contributed by atoms with Crippen LogP contribution in [0.3, 0.4) is 0 Å². The summed E-state index contributed by atoms with van der Waals surface area (Å²) < 4.78 is 0. The number of anilines is 1. The summed E-state index contributed by atoms with van der Waals surface area (Å²) in [5.41, 5.74) is 1.70. The number of rotatable bonds is 4. The first-order chi connectivity index (χ1) is 9.63. The van der Waals surface area contributed by atoms with Gasteiger partial charge in [-0.1, -0.05) is 23.7 Å². The normalized spacial score (nSPS) is 10.1. The van der Waals surface area contributed by atoms with Crippen LogP contribution in [0.2, 0.25) is 5.02 Å². The summed E-state index contributed by atoms with van der Waals surface area (Å²) in [4.78, 5) is 11.6. The van der Waals surface area contributed by atoms with Gasteiger partial charge in [0.05, 0.1) is 0 Å².